The van der Waals surface area contributed by atoms with Crippen LogP contribution in [0.4, 0.5) is 4.39 Å². The number of aromatic nitrogens is 4. The zero-order valence-corrected chi connectivity index (χ0v) is 13.5. The van der Waals surface area contributed by atoms with Gasteiger partial charge in [0.25, 0.3) is 5.56 Å². The predicted molar refractivity (Wildman–Crippen MR) is 90.7 cm³/mol. The van der Waals surface area contributed by atoms with E-state index in [0.29, 0.717) is 29.2 Å². The van der Waals surface area contributed by atoms with Crippen LogP contribution >= 0.6 is 0 Å². The number of hydrogen-bond acceptors (Lipinski definition) is 4. The molecule has 1 N–H and O–H groups in total. The second-order valence-corrected chi connectivity index (χ2v) is 5.77. The topological polar surface area (TPSA) is 76.7 Å². The summed E-state index contributed by atoms with van der Waals surface area (Å²) in [6.07, 6.45) is 4.19. The van der Waals surface area contributed by atoms with E-state index in [0.717, 1.165) is 17.5 Å². The first-order valence-corrected chi connectivity index (χ1v) is 7.92. The van der Waals surface area contributed by atoms with Crippen molar-refractivity contribution in [3.05, 3.63) is 70.2 Å². The average Bonchev–Trinajstić information content (AvgIpc) is 3.24. The Kier molecular flexibility index (Phi) is 3.68. The minimum Gasteiger partial charge on any atom is -0.353 e. The Morgan fingerprint density at radius 3 is 2.96 bits per heavy atom. The molecule has 1 aromatic carbocycles. The number of aryl methyl sites for hydroxylation is 1. The van der Waals surface area contributed by atoms with Crippen LogP contribution in [-0.4, -0.2) is 19.7 Å². The zero-order valence-electron chi connectivity index (χ0n) is 13.5. The Morgan fingerprint density at radius 2 is 2.16 bits per heavy atom. The number of H-pyrrole nitrogens is 1. The van der Waals surface area contributed by atoms with Gasteiger partial charge in [-0.15, -0.1) is 0 Å². The van der Waals surface area contributed by atoms with E-state index in [2.05, 4.69) is 15.1 Å². The van der Waals surface area contributed by atoms with Crippen LogP contribution in [0.2, 0.25) is 0 Å². The molecule has 0 spiro atoms. The van der Waals surface area contributed by atoms with Crippen LogP contribution in [0.1, 0.15) is 18.2 Å². The molecule has 0 saturated carbocycles. The van der Waals surface area contributed by atoms with Crippen molar-refractivity contribution < 1.29 is 8.91 Å². The van der Waals surface area contributed by atoms with E-state index in [-0.39, 0.29) is 11.4 Å². The van der Waals surface area contributed by atoms with Crippen LogP contribution in [0.15, 0.2) is 52.0 Å². The van der Waals surface area contributed by atoms with E-state index < -0.39 is 0 Å². The SMILES string of the molecule is CCc1cc(-c2nccn2Cc2cc3ccc(F)cc3[nH]c2=O)on1. The Morgan fingerprint density at radius 1 is 1.28 bits per heavy atom. The number of nitrogens with zero attached hydrogens (tertiary/aromatic N) is 3. The highest BCUT2D eigenvalue weighted by molar-refractivity contribution is 5.78. The molecule has 0 atom stereocenters. The van der Waals surface area contributed by atoms with E-state index in [1.165, 1.54) is 12.1 Å². The van der Waals surface area contributed by atoms with Gasteiger partial charge in [0.15, 0.2) is 5.82 Å². The number of nitrogens with one attached hydrogen (secondary N) is 1. The molecule has 0 radical (unpaired) electrons. The lowest BCUT2D eigenvalue weighted by molar-refractivity contribution is 0.420. The normalized spacial score (nSPS) is 11.3. The summed E-state index contributed by atoms with van der Waals surface area (Å²) >= 11 is 0. The van der Waals surface area contributed by atoms with Crippen LogP contribution < -0.4 is 5.56 Å². The van der Waals surface area contributed by atoms with Crippen molar-refractivity contribution in [3.8, 4) is 11.6 Å². The molecule has 0 unspecified atom stereocenters. The maximum absolute atomic E-state index is 13.3. The summed E-state index contributed by atoms with van der Waals surface area (Å²) in [6, 6.07) is 7.92. The molecule has 0 aliphatic rings. The van der Waals surface area contributed by atoms with Gasteiger partial charge in [-0.3, -0.25) is 4.79 Å². The number of fused-ring (bicyclic) bond motifs is 1. The summed E-state index contributed by atoms with van der Waals surface area (Å²) in [4.78, 5) is 19.3. The van der Waals surface area contributed by atoms with Crippen molar-refractivity contribution in [2.75, 3.05) is 0 Å². The van der Waals surface area contributed by atoms with Gasteiger partial charge in [-0.1, -0.05) is 12.1 Å². The second-order valence-electron chi connectivity index (χ2n) is 5.77. The Hall–Kier alpha value is -3.22. The lowest BCUT2D eigenvalue weighted by Crippen LogP contribution is -2.15. The average molecular weight is 338 g/mol. The van der Waals surface area contributed by atoms with Gasteiger partial charge in [0, 0.05) is 24.0 Å². The van der Waals surface area contributed by atoms with Gasteiger partial charge < -0.3 is 14.1 Å². The molecule has 4 rings (SSSR count). The molecule has 0 amide bonds. The highest BCUT2D eigenvalue weighted by Gasteiger charge is 2.13. The minimum atomic E-state index is -0.384. The molecule has 0 saturated heterocycles. The molecule has 3 heterocycles. The monoisotopic (exact) mass is 338 g/mol. The number of benzene rings is 1. The number of halogens is 1. The Labute approximate surface area is 141 Å². The smallest absolute Gasteiger partial charge is 0.253 e. The van der Waals surface area contributed by atoms with Gasteiger partial charge in [-0.2, -0.15) is 0 Å². The van der Waals surface area contributed by atoms with Crippen LogP contribution in [0, 0.1) is 5.82 Å². The standard InChI is InChI=1S/C18H15FN4O2/c1-2-14-9-16(25-22-14)17-20-5-6-23(17)10-12-7-11-3-4-13(19)8-15(11)21-18(12)24/h3-9H,2,10H2,1H3,(H,21,24). The van der Waals surface area contributed by atoms with Crippen molar-refractivity contribution in [3.63, 3.8) is 0 Å². The fraction of sp³-hybridized carbons (Fsp3) is 0.167. The molecule has 0 aliphatic heterocycles. The van der Waals surface area contributed by atoms with Crippen molar-refractivity contribution in [2.45, 2.75) is 19.9 Å². The van der Waals surface area contributed by atoms with E-state index in [1.54, 1.807) is 24.5 Å². The third-order valence-corrected chi connectivity index (χ3v) is 4.08. The van der Waals surface area contributed by atoms with Crippen LogP contribution in [0.5, 0.6) is 0 Å². The minimum absolute atomic E-state index is 0.260. The molecule has 0 fully saturated rings. The lowest BCUT2D eigenvalue weighted by atomic mass is 10.1. The molecule has 25 heavy (non-hydrogen) atoms. The molecule has 7 heteroatoms. The summed E-state index contributed by atoms with van der Waals surface area (Å²) < 4.78 is 20.4. The highest BCUT2D eigenvalue weighted by atomic mass is 19.1. The van der Waals surface area contributed by atoms with Gasteiger partial charge in [0.05, 0.1) is 17.8 Å². The largest absolute Gasteiger partial charge is 0.353 e. The van der Waals surface area contributed by atoms with Crippen LogP contribution in [0.25, 0.3) is 22.5 Å². The molecule has 3 aromatic heterocycles. The summed E-state index contributed by atoms with van der Waals surface area (Å²) in [5.41, 5.74) is 1.61. The van der Waals surface area contributed by atoms with Gasteiger partial charge in [0.1, 0.15) is 5.82 Å². The fourth-order valence-corrected chi connectivity index (χ4v) is 2.77. The first-order valence-electron chi connectivity index (χ1n) is 7.92. The van der Waals surface area contributed by atoms with Gasteiger partial charge in [-0.05, 0) is 36.1 Å². The van der Waals surface area contributed by atoms with Crippen LogP contribution in [0.3, 0.4) is 0 Å². The lowest BCUT2D eigenvalue weighted by Gasteiger charge is -2.07. The highest BCUT2D eigenvalue weighted by Crippen LogP contribution is 2.20. The number of pyridine rings is 1. The molecule has 0 aliphatic carbocycles. The van der Waals surface area contributed by atoms with E-state index >= 15 is 0 Å². The number of rotatable bonds is 4. The van der Waals surface area contributed by atoms with E-state index in [1.807, 2.05) is 17.6 Å². The molecule has 126 valence electrons. The summed E-state index contributed by atoms with van der Waals surface area (Å²) in [6.45, 7) is 2.31. The van der Waals surface area contributed by atoms with Crippen molar-refractivity contribution in [2.24, 2.45) is 0 Å². The summed E-state index contributed by atoms with van der Waals surface area (Å²) in [5, 5.41) is 4.74. The fourth-order valence-electron chi connectivity index (χ4n) is 2.77. The van der Waals surface area contributed by atoms with Gasteiger partial charge >= 0.3 is 0 Å². The summed E-state index contributed by atoms with van der Waals surface area (Å²) in [5.74, 6) is 0.775. The van der Waals surface area contributed by atoms with Crippen molar-refractivity contribution in [1.29, 1.82) is 0 Å². The number of hydrogen-bond donors (Lipinski definition) is 1. The predicted octanol–water partition coefficient (Wildman–Crippen LogP) is 3.13. The van der Waals surface area contributed by atoms with E-state index in [9.17, 15) is 9.18 Å². The molecular formula is C18H15FN4O2. The second kappa shape index (κ2) is 6.01. The molecule has 4 aromatic rings. The van der Waals surface area contributed by atoms with E-state index in [4.69, 9.17) is 4.52 Å². The Balaban J connectivity index is 1.73. The molecule has 6 nitrogen and oxygen atoms in total. The third kappa shape index (κ3) is 2.84. The first-order chi connectivity index (χ1) is 12.1. The number of imidazole rings is 1. The first kappa shape index (κ1) is 15.3. The maximum Gasteiger partial charge on any atom is 0.253 e. The quantitative estimate of drug-likeness (QED) is 0.620. The van der Waals surface area contributed by atoms with Crippen molar-refractivity contribution >= 4 is 10.9 Å². The van der Waals surface area contributed by atoms with Gasteiger partial charge in [0.2, 0.25) is 5.76 Å². The van der Waals surface area contributed by atoms with Crippen LogP contribution in [-0.2, 0) is 13.0 Å². The van der Waals surface area contributed by atoms with Crippen molar-refractivity contribution in [1.82, 2.24) is 19.7 Å². The third-order valence-electron chi connectivity index (χ3n) is 4.08. The Bertz CT molecular complexity index is 1110. The van der Waals surface area contributed by atoms with Gasteiger partial charge in [-0.25, -0.2) is 9.37 Å². The molecule has 0 bridgehead atoms. The molecular weight excluding hydrogens is 323 g/mol. The maximum atomic E-state index is 13.3. The zero-order chi connectivity index (χ0) is 17.4. The summed E-state index contributed by atoms with van der Waals surface area (Å²) in [7, 11) is 0. The number of aromatic amines is 1.